The Labute approximate surface area is 176 Å². The Morgan fingerprint density at radius 2 is 1.70 bits per heavy atom. The maximum Gasteiger partial charge on any atom is 0.419 e. The first-order chi connectivity index (χ1) is 14.5. The second-order valence-electron chi connectivity index (χ2n) is 8.29. The molecule has 6 heteroatoms. The van der Waals surface area contributed by atoms with Crippen LogP contribution >= 0.6 is 0 Å². The molecular weight excluding hydrogens is 378 g/mol. The number of carbonyl (C=O) groups excluding carboxylic acids is 1. The van der Waals surface area contributed by atoms with Crippen LogP contribution in [0.25, 0.3) is 11.1 Å². The van der Waals surface area contributed by atoms with E-state index in [2.05, 4.69) is 43.0 Å². The number of aryl methyl sites for hydroxylation is 1. The molecule has 3 aromatic rings. The Bertz CT molecular complexity index is 1060. The van der Waals surface area contributed by atoms with Gasteiger partial charge in [-0.25, -0.2) is 4.79 Å². The molecule has 1 fully saturated rings. The number of nitrogens with zero attached hydrogens (tertiary/aromatic N) is 3. The molecule has 0 bridgehead atoms. The number of benzene rings is 2. The lowest BCUT2D eigenvalue weighted by molar-refractivity contribution is -0.133. The number of hydrogen-bond acceptors (Lipinski definition) is 4. The SMILES string of the molecule is CC(C)c1ccc(CN2CCN(C(=O)CCn3c(=O)oc4ccccc43)CC2)cc1. The topological polar surface area (TPSA) is 58.7 Å². The van der Waals surface area contributed by atoms with Crippen LogP contribution in [0.15, 0.2) is 57.7 Å². The molecule has 0 spiro atoms. The number of amides is 1. The average Bonchev–Trinajstić information content (AvgIpc) is 3.08. The summed E-state index contributed by atoms with van der Waals surface area (Å²) in [4.78, 5) is 29.0. The lowest BCUT2D eigenvalue weighted by Crippen LogP contribution is -2.48. The number of hydrogen-bond donors (Lipinski definition) is 0. The van der Waals surface area contributed by atoms with Crippen LogP contribution in [-0.4, -0.2) is 46.5 Å². The van der Waals surface area contributed by atoms with Crippen molar-refractivity contribution in [1.29, 1.82) is 0 Å². The number of rotatable bonds is 6. The highest BCUT2D eigenvalue weighted by Crippen LogP contribution is 2.17. The van der Waals surface area contributed by atoms with Crippen LogP contribution in [0.4, 0.5) is 0 Å². The van der Waals surface area contributed by atoms with E-state index >= 15 is 0 Å². The fourth-order valence-corrected chi connectivity index (χ4v) is 4.01. The largest absolute Gasteiger partial charge is 0.419 e. The van der Waals surface area contributed by atoms with Crippen LogP contribution < -0.4 is 5.76 Å². The molecule has 2 aromatic carbocycles. The standard InChI is InChI=1S/C24H29N3O3/c1-18(2)20-9-7-19(8-10-20)17-25-13-15-26(16-14-25)23(28)11-12-27-21-5-3-4-6-22(21)30-24(27)29/h3-10,18H,11-17H2,1-2H3. The Kier molecular flexibility index (Phi) is 6.04. The van der Waals surface area contributed by atoms with Gasteiger partial charge in [-0.1, -0.05) is 50.2 Å². The van der Waals surface area contributed by atoms with Gasteiger partial charge in [-0.3, -0.25) is 14.3 Å². The molecule has 2 heterocycles. The molecule has 158 valence electrons. The summed E-state index contributed by atoms with van der Waals surface area (Å²) in [6.45, 7) is 8.85. The first-order valence-corrected chi connectivity index (χ1v) is 10.7. The first-order valence-electron chi connectivity index (χ1n) is 10.7. The molecular formula is C24H29N3O3. The van der Waals surface area contributed by atoms with E-state index in [9.17, 15) is 9.59 Å². The molecule has 1 amide bonds. The number of fused-ring (bicyclic) bond motifs is 1. The molecule has 0 radical (unpaired) electrons. The lowest BCUT2D eigenvalue weighted by Gasteiger charge is -2.35. The van der Waals surface area contributed by atoms with Gasteiger partial charge in [0, 0.05) is 45.7 Å². The molecule has 6 nitrogen and oxygen atoms in total. The van der Waals surface area contributed by atoms with Gasteiger partial charge in [0.2, 0.25) is 5.91 Å². The normalized spacial score (nSPS) is 15.2. The second-order valence-corrected chi connectivity index (χ2v) is 8.29. The minimum Gasteiger partial charge on any atom is -0.408 e. The van der Waals surface area contributed by atoms with Gasteiger partial charge < -0.3 is 9.32 Å². The molecule has 1 aliphatic rings. The van der Waals surface area contributed by atoms with Gasteiger partial charge in [-0.2, -0.15) is 0 Å². The third kappa shape index (κ3) is 4.49. The number of oxazole rings is 1. The van der Waals surface area contributed by atoms with Crippen LogP contribution in [0, 0.1) is 0 Å². The van der Waals surface area contributed by atoms with E-state index < -0.39 is 5.76 Å². The van der Waals surface area contributed by atoms with E-state index in [1.807, 2.05) is 23.1 Å². The second kappa shape index (κ2) is 8.88. The minimum atomic E-state index is -0.405. The van der Waals surface area contributed by atoms with Gasteiger partial charge in [0.25, 0.3) is 0 Å². The number of carbonyl (C=O) groups is 1. The van der Waals surface area contributed by atoms with E-state index in [1.165, 1.54) is 11.1 Å². The molecule has 1 aliphatic heterocycles. The lowest BCUT2D eigenvalue weighted by atomic mass is 10.0. The Morgan fingerprint density at radius 3 is 2.40 bits per heavy atom. The summed E-state index contributed by atoms with van der Waals surface area (Å²) in [5, 5.41) is 0. The molecule has 1 aromatic heterocycles. The van der Waals surface area contributed by atoms with E-state index in [1.54, 1.807) is 10.6 Å². The van der Waals surface area contributed by atoms with Gasteiger partial charge in [0.15, 0.2) is 5.58 Å². The summed E-state index contributed by atoms with van der Waals surface area (Å²) in [6.07, 6.45) is 0.306. The Morgan fingerprint density at radius 1 is 1.00 bits per heavy atom. The zero-order valence-corrected chi connectivity index (χ0v) is 17.7. The maximum atomic E-state index is 12.7. The summed E-state index contributed by atoms with van der Waals surface area (Å²) in [5.74, 6) is 0.231. The quantitative estimate of drug-likeness (QED) is 0.628. The summed E-state index contributed by atoms with van der Waals surface area (Å²) in [6, 6.07) is 16.1. The van der Waals surface area contributed by atoms with Gasteiger partial charge in [-0.15, -0.1) is 0 Å². The predicted molar refractivity (Wildman–Crippen MR) is 117 cm³/mol. The summed E-state index contributed by atoms with van der Waals surface area (Å²) < 4.78 is 6.79. The molecule has 0 N–H and O–H groups in total. The predicted octanol–water partition coefficient (Wildman–Crippen LogP) is 3.45. The van der Waals surface area contributed by atoms with Crippen molar-refractivity contribution in [2.24, 2.45) is 0 Å². The first kappa shape index (κ1) is 20.4. The van der Waals surface area contributed by atoms with Crippen LogP contribution in [0.1, 0.15) is 37.3 Å². The highest BCUT2D eigenvalue weighted by molar-refractivity contribution is 5.77. The summed E-state index contributed by atoms with van der Waals surface area (Å²) in [5.41, 5.74) is 3.97. The van der Waals surface area contributed by atoms with Crippen LogP contribution in [0.5, 0.6) is 0 Å². The maximum absolute atomic E-state index is 12.7. The number of piperazine rings is 1. The van der Waals surface area contributed by atoms with Crippen LogP contribution in [0.3, 0.4) is 0 Å². The van der Waals surface area contributed by atoms with E-state index in [-0.39, 0.29) is 5.91 Å². The van der Waals surface area contributed by atoms with E-state index in [4.69, 9.17) is 4.42 Å². The summed E-state index contributed by atoms with van der Waals surface area (Å²) in [7, 11) is 0. The van der Waals surface area contributed by atoms with Gasteiger partial charge >= 0.3 is 5.76 Å². The zero-order chi connectivity index (χ0) is 21.1. The van der Waals surface area contributed by atoms with Crippen molar-refractivity contribution in [1.82, 2.24) is 14.4 Å². The van der Waals surface area contributed by atoms with Crippen molar-refractivity contribution < 1.29 is 9.21 Å². The van der Waals surface area contributed by atoms with Crippen molar-refractivity contribution >= 4 is 17.0 Å². The molecule has 1 saturated heterocycles. The van der Waals surface area contributed by atoms with Gasteiger partial charge in [0.1, 0.15) is 0 Å². The highest BCUT2D eigenvalue weighted by atomic mass is 16.4. The third-order valence-corrected chi connectivity index (χ3v) is 5.90. The zero-order valence-electron chi connectivity index (χ0n) is 17.7. The minimum absolute atomic E-state index is 0.0908. The van der Waals surface area contributed by atoms with Gasteiger partial charge in [0.05, 0.1) is 5.52 Å². The molecule has 4 rings (SSSR count). The monoisotopic (exact) mass is 407 g/mol. The number of aromatic nitrogens is 1. The molecule has 0 unspecified atom stereocenters. The van der Waals surface area contributed by atoms with Gasteiger partial charge in [-0.05, 0) is 29.2 Å². The van der Waals surface area contributed by atoms with Crippen molar-refractivity contribution in [3.05, 3.63) is 70.2 Å². The third-order valence-electron chi connectivity index (χ3n) is 5.90. The molecule has 0 saturated carbocycles. The fourth-order valence-electron chi connectivity index (χ4n) is 4.01. The Balaban J connectivity index is 1.28. The van der Waals surface area contributed by atoms with Crippen molar-refractivity contribution in [2.45, 2.75) is 39.3 Å². The average molecular weight is 408 g/mol. The number of para-hydroxylation sites is 2. The van der Waals surface area contributed by atoms with Crippen LogP contribution in [0.2, 0.25) is 0 Å². The van der Waals surface area contributed by atoms with E-state index in [0.717, 1.165) is 38.2 Å². The highest BCUT2D eigenvalue weighted by Gasteiger charge is 2.21. The Hall–Kier alpha value is -2.86. The molecule has 0 atom stereocenters. The summed E-state index contributed by atoms with van der Waals surface area (Å²) >= 11 is 0. The fraction of sp³-hybridized carbons (Fsp3) is 0.417. The van der Waals surface area contributed by atoms with Crippen molar-refractivity contribution in [3.8, 4) is 0 Å². The van der Waals surface area contributed by atoms with E-state index in [0.29, 0.717) is 24.5 Å². The van der Waals surface area contributed by atoms with Crippen LogP contribution in [-0.2, 0) is 17.9 Å². The molecule has 30 heavy (non-hydrogen) atoms. The van der Waals surface area contributed by atoms with Crippen molar-refractivity contribution in [3.63, 3.8) is 0 Å². The smallest absolute Gasteiger partial charge is 0.408 e. The molecule has 0 aliphatic carbocycles. The van der Waals surface area contributed by atoms with Crippen molar-refractivity contribution in [2.75, 3.05) is 26.2 Å².